The van der Waals surface area contributed by atoms with Crippen molar-refractivity contribution in [3.8, 4) is 0 Å². The van der Waals surface area contributed by atoms with Gasteiger partial charge < -0.3 is 20.2 Å². The smallest absolute Gasteiger partial charge is 0.317 e. The molecule has 0 atom stereocenters. The number of aliphatic hydroxyl groups is 1. The molecule has 0 aromatic rings. The van der Waals surface area contributed by atoms with Crippen molar-refractivity contribution < 1.29 is 9.90 Å². The molecule has 0 radical (unpaired) electrons. The molecule has 0 unspecified atom stereocenters. The van der Waals surface area contributed by atoms with E-state index in [1.165, 1.54) is 0 Å². The first-order valence-corrected chi connectivity index (χ1v) is 6.53. The SMILES string of the molecule is CN(CCN1CCNC1=O)CC1(O)CCCC1. The molecular weight excluding hydrogens is 218 g/mol. The van der Waals surface area contributed by atoms with Gasteiger partial charge >= 0.3 is 6.03 Å². The zero-order valence-electron chi connectivity index (χ0n) is 10.6. The van der Waals surface area contributed by atoms with E-state index >= 15 is 0 Å². The van der Waals surface area contributed by atoms with Crippen LogP contribution in [0.15, 0.2) is 0 Å². The third-order valence-corrected chi connectivity index (χ3v) is 3.80. The summed E-state index contributed by atoms with van der Waals surface area (Å²) in [5, 5.41) is 13.1. The van der Waals surface area contributed by atoms with E-state index < -0.39 is 5.60 Å². The minimum atomic E-state index is -0.484. The second-order valence-corrected chi connectivity index (χ2v) is 5.39. The molecule has 1 saturated heterocycles. The van der Waals surface area contributed by atoms with E-state index in [9.17, 15) is 9.90 Å². The van der Waals surface area contributed by atoms with Crippen molar-refractivity contribution >= 4 is 6.03 Å². The first-order chi connectivity index (χ1) is 8.09. The number of carbonyl (C=O) groups excluding carboxylic acids is 1. The maximum absolute atomic E-state index is 11.3. The minimum absolute atomic E-state index is 0.0398. The summed E-state index contributed by atoms with van der Waals surface area (Å²) in [7, 11) is 2.02. The van der Waals surface area contributed by atoms with Crippen LogP contribution >= 0.6 is 0 Å². The van der Waals surface area contributed by atoms with Crippen molar-refractivity contribution in [1.29, 1.82) is 0 Å². The molecule has 5 nitrogen and oxygen atoms in total. The van der Waals surface area contributed by atoms with E-state index in [-0.39, 0.29) is 6.03 Å². The number of hydrogen-bond acceptors (Lipinski definition) is 3. The van der Waals surface area contributed by atoms with Crippen molar-refractivity contribution in [2.24, 2.45) is 0 Å². The molecule has 2 N–H and O–H groups in total. The fraction of sp³-hybridized carbons (Fsp3) is 0.917. The molecule has 1 aliphatic carbocycles. The molecular formula is C12H23N3O2. The molecule has 2 aliphatic rings. The highest BCUT2D eigenvalue weighted by Crippen LogP contribution is 2.29. The zero-order chi connectivity index (χ0) is 12.3. The Bertz CT molecular complexity index is 277. The highest BCUT2D eigenvalue weighted by atomic mass is 16.3. The number of carbonyl (C=O) groups is 1. The van der Waals surface area contributed by atoms with Crippen LogP contribution in [0.2, 0.25) is 0 Å². The van der Waals surface area contributed by atoms with Gasteiger partial charge in [-0.25, -0.2) is 4.79 Å². The summed E-state index contributed by atoms with van der Waals surface area (Å²) in [6.07, 6.45) is 4.11. The number of rotatable bonds is 5. The maximum Gasteiger partial charge on any atom is 0.317 e. The molecule has 17 heavy (non-hydrogen) atoms. The Morgan fingerprint density at radius 3 is 2.76 bits per heavy atom. The van der Waals surface area contributed by atoms with Crippen molar-refractivity contribution in [3.05, 3.63) is 0 Å². The zero-order valence-corrected chi connectivity index (χ0v) is 10.6. The molecule has 0 aromatic carbocycles. The summed E-state index contributed by atoms with van der Waals surface area (Å²) < 4.78 is 0. The Kier molecular flexibility index (Phi) is 3.89. The Labute approximate surface area is 103 Å². The lowest BCUT2D eigenvalue weighted by molar-refractivity contribution is 0.0155. The number of likely N-dealkylation sites (N-methyl/N-ethyl adjacent to an activating group) is 1. The summed E-state index contributed by atoms with van der Waals surface area (Å²) in [4.78, 5) is 15.3. The number of amides is 2. The summed E-state index contributed by atoms with van der Waals surface area (Å²) >= 11 is 0. The third kappa shape index (κ3) is 3.33. The van der Waals surface area contributed by atoms with Crippen molar-refractivity contribution in [2.75, 3.05) is 39.8 Å². The highest BCUT2D eigenvalue weighted by Gasteiger charge is 2.32. The second-order valence-electron chi connectivity index (χ2n) is 5.39. The van der Waals surface area contributed by atoms with Crippen LogP contribution < -0.4 is 5.32 Å². The summed E-state index contributed by atoms with van der Waals surface area (Å²) in [5.74, 6) is 0. The monoisotopic (exact) mass is 241 g/mol. The predicted octanol–water partition coefficient (Wildman–Crippen LogP) is 0.248. The first kappa shape index (κ1) is 12.6. The average molecular weight is 241 g/mol. The van der Waals surface area contributed by atoms with Crippen LogP contribution in [0.5, 0.6) is 0 Å². The average Bonchev–Trinajstić information content (AvgIpc) is 2.85. The quantitative estimate of drug-likeness (QED) is 0.725. The van der Waals surface area contributed by atoms with Crippen LogP contribution in [0.1, 0.15) is 25.7 Å². The Balaban J connectivity index is 1.70. The van der Waals surface area contributed by atoms with Gasteiger partial charge in [-0.2, -0.15) is 0 Å². The van der Waals surface area contributed by atoms with Gasteiger partial charge in [0.25, 0.3) is 0 Å². The fourth-order valence-electron chi connectivity index (χ4n) is 2.79. The second kappa shape index (κ2) is 5.23. The lowest BCUT2D eigenvalue weighted by atomic mass is 10.0. The molecule has 5 heteroatoms. The first-order valence-electron chi connectivity index (χ1n) is 6.53. The van der Waals surface area contributed by atoms with Crippen LogP contribution in [0.3, 0.4) is 0 Å². The van der Waals surface area contributed by atoms with Gasteiger partial charge in [0.2, 0.25) is 0 Å². The van der Waals surface area contributed by atoms with Gasteiger partial charge in [0.15, 0.2) is 0 Å². The number of hydrogen-bond donors (Lipinski definition) is 2. The van der Waals surface area contributed by atoms with E-state index in [0.717, 1.165) is 58.4 Å². The molecule has 2 rings (SSSR count). The summed E-state index contributed by atoms with van der Waals surface area (Å²) in [6, 6.07) is 0.0398. The van der Waals surface area contributed by atoms with Gasteiger partial charge in [-0.3, -0.25) is 0 Å². The van der Waals surface area contributed by atoms with Crippen molar-refractivity contribution in [3.63, 3.8) is 0 Å². The van der Waals surface area contributed by atoms with Gasteiger partial charge in [0.1, 0.15) is 0 Å². The maximum atomic E-state index is 11.3. The van der Waals surface area contributed by atoms with Gasteiger partial charge in [-0.15, -0.1) is 0 Å². The molecule has 98 valence electrons. The standard InChI is InChI=1S/C12H23N3O2/c1-14(10-12(17)4-2-3-5-12)8-9-15-7-6-13-11(15)16/h17H,2-10H2,1H3,(H,13,16). The topological polar surface area (TPSA) is 55.8 Å². The molecule has 1 saturated carbocycles. The van der Waals surface area contributed by atoms with Gasteiger partial charge in [0.05, 0.1) is 5.60 Å². The number of nitrogens with one attached hydrogen (secondary N) is 1. The lowest BCUT2D eigenvalue weighted by Gasteiger charge is -2.29. The Morgan fingerprint density at radius 1 is 1.47 bits per heavy atom. The van der Waals surface area contributed by atoms with Gasteiger partial charge in [-0.05, 0) is 19.9 Å². The van der Waals surface area contributed by atoms with Crippen molar-refractivity contribution in [1.82, 2.24) is 15.1 Å². The minimum Gasteiger partial charge on any atom is -0.389 e. The van der Waals surface area contributed by atoms with Crippen LogP contribution in [0.25, 0.3) is 0 Å². The highest BCUT2D eigenvalue weighted by molar-refractivity contribution is 5.76. The third-order valence-electron chi connectivity index (χ3n) is 3.80. The summed E-state index contributed by atoms with van der Waals surface area (Å²) in [5.41, 5.74) is -0.484. The number of nitrogens with zero attached hydrogens (tertiary/aromatic N) is 2. The molecule has 2 fully saturated rings. The van der Waals surface area contributed by atoms with Crippen molar-refractivity contribution in [2.45, 2.75) is 31.3 Å². The van der Waals surface area contributed by atoms with E-state index in [4.69, 9.17) is 0 Å². The summed E-state index contributed by atoms with van der Waals surface area (Å²) in [6.45, 7) is 3.86. The van der Waals surface area contributed by atoms with E-state index in [2.05, 4.69) is 10.2 Å². The molecule has 1 aliphatic heterocycles. The molecule has 0 bridgehead atoms. The lowest BCUT2D eigenvalue weighted by Crippen LogP contribution is -2.42. The van der Waals surface area contributed by atoms with E-state index in [1.54, 1.807) is 0 Å². The van der Waals surface area contributed by atoms with E-state index in [1.807, 2.05) is 11.9 Å². The number of urea groups is 1. The fourth-order valence-corrected chi connectivity index (χ4v) is 2.79. The van der Waals surface area contributed by atoms with Gasteiger partial charge in [0, 0.05) is 32.7 Å². The molecule has 2 amide bonds. The molecule has 0 aromatic heterocycles. The van der Waals surface area contributed by atoms with Gasteiger partial charge in [-0.1, -0.05) is 12.8 Å². The van der Waals surface area contributed by atoms with Crippen LogP contribution in [-0.4, -0.2) is 66.3 Å². The molecule has 1 heterocycles. The predicted molar refractivity (Wildman–Crippen MR) is 65.9 cm³/mol. The van der Waals surface area contributed by atoms with E-state index in [0.29, 0.717) is 0 Å². The normalized spacial score (nSPS) is 23.5. The largest absolute Gasteiger partial charge is 0.389 e. The molecule has 0 spiro atoms. The van der Waals surface area contributed by atoms with Crippen LogP contribution in [0, 0.1) is 0 Å². The Hall–Kier alpha value is -0.810. The Morgan fingerprint density at radius 2 is 2.18 bits per heavy atom. The van der Waals surface area contributed by atoms with Crippen LogP contribution in [0.4, 0.5) is 4.79 Å². The van der Waals surface area contributed by atoms with Crippen LogP contribution in [-0.2, 0) is 0 Å².